The molecule has 1 amide bonds. The van der Waals surface area contributed by atoms with Gasteiger partial charge >= 0.3 is 5.97 Å². The minimum atomic E-state index is -0.672. The number of aryl methyl sites for hydroxylation is 2. The van der Waals surface area contributed by atoms with Gasteiger partial charge in [-0.25, -0.2) is 4.79 Å². The van der Waals surface area contributed by atoms with Gasteiger partial charge in [0.05, 0.1) is 25.6 Å². The third kappa shape index (κ3) is 5.81. The zero-order chi connectivity index (χ0) is 26.5. The van der Waals surface area contributed by atoms with E-state index in [1.807, 2.05) is 32.0 Å². The summed E-state index contributed by atoms with van der Waals surface area (Å²) in [5.74, 6) is -0.197. The summed E-state index contributed by atoms with van der Waals surface area (Å²) >= 11 is 0. The lowest BCUT2D eigenvalue weighted by molar-refractivity contribution is -0.137. The quantitative estimate of drug-likeness (QED) is 0.277. The van der Waals surface area contributed by atoms with Crippen LogP contribution in [0, 0.1) is 13.8 Å². The van der Waals surface area contributed by atoms with Crippen molar-refractivity contribution in [2.45, 2.75) is 27.3 Å². The molecule has 4 rings (SSSR count). The summed E-state index contributed by atoms with van der Waals surface area (Å²) in [5.41, 5.74) is 4.45. The lowest BCUT2D eigenvalue weighted by Gasteiger charge is -2.22. The summed E-state index contributed by atoms with van der Waals surface area (Å²) in [6.45, 7) is 5.83. The summed E-state index contributed by atoms with van der Waals surface area (Å²) in [4.78, 5) is 39.6. The van der Waals surface area contributed by atoms with Crippen molar-refractivity contribution in [1.82, 2.24) is 5.32 Å². The number of nitrogens with one attached hydrogen (secondary N) is 1. The van der Waals surface area contributed by atoms with Gasteiger partial charge in [0.1, 0.15) is 17.1 Å². The van der Waals surface area contributed by atoms with Gasteiger partial charge in [-0.1, -0.05) is 18.2 Å². The second kappa shape index (κ2) is 11.0. The topological polar surface area (TPSA) is 98.1 Å². The number of nitrogens with zero attached hydrogens (tertiary/aromatic N) is 1. The molecular weight excluding hydrogens is 472 g/mol. The Hall–Kier alpha value is -4.59. The lowest BCUT2D eigenvalue weighted by atomic mass is 10.1. The Morgan fingerprint density at radius 3 is 2.35 bits per heavy atom. The van der Waals surface area contributed by atoms with Gasteiger partial charge in [-0.3, -0.25) is 9.59 Å². The van der Waals surface area contributed by atoms with Gasteiger partial charge in [0, 0.05) is 11.4 Å². The van der Waals surface area contributed by atoms with E-state index < -0.39 is 11.8 Å². The molecule has 0 aliphatic carbocycles. The number of ketones is 1. The van der Waals surface area contributed by atoms with Crippen molar-refractivity contribution in [3.8, 4) is 5.75 Å². The number of allylic oxidation sites excluding steroid dienone is 2. The molecule has 190 valence electrons. The summed E-state index contributed by atoms with van der Waals surface area (Å²) in [5, 5.41) is 2.72. The van der Waals surface area contributed by atoms with Crippen LogP contribution in [0.15, 0.2) is 82.2 Å². The molecule has 0 saturated carbocycles. The zero-order valence-corrected chi connectivity index (χ0v) is 21.2. The molecule has 0 saturated heterocycles. The molecule has 1 N–H and O–H groups in total. The van der Waals surface area contributed by atoms with Gasteiger partial charge < -0.3 is 24.1 Å². The summed E-state index contributed by atoms with van der Waals surface area (Å²) < 4.78 is 15.6. The second-order valence-corrected chi connectivity index (χ2v) is 8.71. The molecular formula is C29H28N2O6. The van der Waals surface area contributed by atoms with Crippen molar-refractivity contribution in [3.63, 3.8) is 0 Å². The fraction of sp³-hybridized carbons (Fsp3) is 0.207. The van der Waals surface area contributed by atoms with Crippen LogP contribution in [0.25, 0.3) is 6.08 Å². The maximum absolute atomic E-state index is 13.3. The largest absolute Gasteiger partial charge is 0.484 e. The molecule has 0 spiro atoms. The van der Waals surface area contributed by atoms with Gasteiger partial charge in [-0.2, -0.15) is 0 Å². The van der Waals surface area contributed by atoms with Crippen molar-refractivity contribution in [1.29, 1.82) is 0 Å². The number of rotatable bonds is 8. The molecule has 8 heteroatoms. The monoisotopic (exact) mass is 500 g/mol. The van der Waals surface area contributed by atoms with Crippen LogP contribution >= 0.6 is 0 Å². The fourth-order valence-electron chi connectivity index (χ4n) is 4.19. The highest BCUT2D eigenvalue weighted by Crippen LogP contribution is 2.36. The number of benzene rings is 2. The number of anilines is 1. The number of methoxy groups -OCH3 is 1. The first kappa shape index (κ1) is 25.5. The van der Waals surface area contributed by atoms with Crippen molar-refractivity contribution >= 4 is 29.4 Å². The van der Waals surface area contributed by atoms with Crippen LogP contribution in [0.2, 0.25) is 0 Å². The molecule has 3 aromatic rings. The van der Waals surface area contributed by atoms with E-state index in [4.69, 9.17) is 13.9 Å². The number of hydrogen-bond acceptors (Lipinski definition) is 7. The Kier molecular flexibility index (Phi) is 7.57. The van der Waals surface area contributed by atoms with Crippen LogP contribution in [-0.2, 0) is 25.7 Å². The maximum Gasteiger partial charge on any atom is 0.343 e. The summed E-state index contributed by atoms with van der Waals surface area (Å²) in [7, 11) is 1.26. The third-order valence-electron chi connectivity index (χ3n) is 5.85. The maximum atomic E-state index is 13.3. The highest BCUT2D eigenvalue weighted by Gasteiger charge is 2.38. The molecule has 8 nitrogen and oxygen atoms in total. The Balaban J connectivity index is 1.53. The molecule has 1 aliphatic rings. The molecule has 2 heterocycles. The summed E-state index contributed by atoms with van der Waals surface area (Å²) in [6, 6.07) is 16.5. The van der Waals surface area contributed by atoms with Gasteiger partial charge in [-0.15, -0.1) is 0 Å². The van der Waals surface area contributed by atoms with E-state index >= 15 is 0 Å². The molecule has 2 aromatic carbocycles. The van der Waals surface area contributed by atoms with E-state index in [2.05, 4.69) is 5.32 Å². The van der Waals surface area contributed by atoms with E-state index in [0.717, 1.165) is 22.4 Å². The molecule has 0 unspecified atom stereocenters. The number of ether oxygens (including phenoxy) is 2. The molecule has 1 aliphatic heterocycles. The Labute approximate surface area is 215 Å². The van der Waals surface area contributed by atoms with Crippen LogP contribution in [-0.4, -0.2) is 31.4 Å². The highest BCUT2D eigenvalue weighted by atomic mass is 16.5. The average Bonchev–Trinajstić information content (AvgIpc) is 3.47. The Morgan fingerprint density at radius 2 is 1.73 bits per heavy atom. The number of esters is 1. The van der Waals surface area contributed by atoms with Crippen LogP contribution in [0.1, 0.15) is 29.4 Å². The lowest BCUT2D eigenvalue weighted by Crippen LogP contribution is -2.28. The number of furan rings is 1. The van der Waals surface area contributed by atoms with E-state index in [9.17, 15) is 14.4 Å². The van der Waals surface area contributed by atoms with E-state index in [1.165, 1.54) is 7.11 Å². The predicted molar refractivity (Wildman–Crippen MR) is 139 cm³/mol. The average molecular weight is 501 g/mol. The SMILES string of the molecule is COC(=O)C1=C(C)N(c2cc(C)cc(C)c2)/C(=C\c2ccc(OCC(=O)NCc3ccco3)cc2)C1=O. The fourth-order valence-corrected chi connectivity index (χ4v) is 4.19. The number of hydrogen-bond donors (Lipinski definition) is 1. The molecule has 0 atom stereocenters. The van der Waals surface area contributed by atoms with Crippen LogP contribution in [0.4, 0.5) is 5.69 Å². The number of carbonyl (C=O) groups is 3. The van der Waals surface area contributed by atoms with Crippen molar-refractivity contribution in [2.75, 3.05) is 18.6 Å². The molecule has 0 bridgehead atoms. The smallest absolute Gasteiger partial charge is 0.343 e. The first-order valence-corrected chi connectivity index (χ1v) is 11.7. The van der Waals surface area contributed by atoms with Gasteiger partial charge in [0.15, 0.2) is 6.61 Å². The first-order valence-electron chi connectivity index (χ1n) is 11.7. The van der Waals surface area contributed by atoms with Gasteiger partial charge in [0.25, 0.3) is 5.91 Å². The standard InChI is InChI=1S/C29H28N2O6/c1-18-12-19(2)14-22(13-18)31-20(3)27(29(34)35-4)28(33)25(31)15-21-7-9-23(10-8-21)37-17-26(32)30-16-24-6-5-11-36-24/h5-15H,16-17H2,1-4H3,(H,30,32)/b25-15-. The third-order valence-corrected chi connectivity index (χ3v) is 5.85. The molecule has 0 radical (unpaired) electrons. The van der Waals surface area contributed by atoms with E-state index in [1.54, 1.807) is 60.6 Å². The molecule has 0 fully saturated rings. The molecule has 1 aromatic heterocycles. The second-order valence-electron chi connectivity index (χ2n) is 8.71. The van der Waals surface area contributed by atoms with Crippen LogP contribution in [0.5, 0.6) is 5.75 Å². The van der Waals surface area contributed by atoms with E-state index in [0.29, 0.717) is 22.9 Å². The minimum absolute atomic E-state index is 0.00780. The van der Waals surface area contributed by atoms with Crippen molar-refractivity contribution < 1.29 is 28.3 Å². The summed E-state index contributed by atoms with van der Waals surface area (Å²) in [6.07, 6.45) is 3.27. The number of carbonyl (C=O) groups excluding carboxylic acids is 3. The van der Waals surface area contributed by atoms with Gasteiger partial charge in [-0.05, 0) is 79.9 Å². The normalized spacial score (nSPS) is 14.3. The molecule has 37 heavy (non-hydrogen) atoms. The highest BCUT2D eigenvalue weighted by molar-refractivity contribution is 6.30. The predicted octanol–water partition coefficient (Wildman–Crippen LogP) is 4.47. The minimum Gasteiger partial charge on any atom is -0.484 e. The number of Topliss-reactive ketones (excluding diaryl/α,β-unsaturated/α-hetero) is 1. The number of amides is 1. The Morgan fingerprint density at radius 1 is 1.03 bits per heavy atom. The zero-order valence-electron chi connectivity index (χ0n) is 21.2. The van der Waals surface area contributed by atoms with Gasteiger partial charge in [0.2, 0.25) is 5.78 Å². The van der Waals surface area contributed by atoms with Crippen LogP contribution < -0.4 is 15.0 Å². The van der Waals surface area contributed by atoms with E-state index in [-0.39, 0.29) is 24.6 Å². The van der Waals surface area contributed by atoms with Crippen molar-refractivity contribution in [2.24, 2.45) is 0 Å². The van der Waals surface area contributed by atoms with Crippen molar-refractivity contribution in [3.05, 3.63) is 100 Å². The first-order chi connectivity index (χ1) is 17.8. The Bertz CT molecular complexity index is 1360. The van der Waals surface area contributed by atoms with Crippen LogP contribution in [0.3, 0.4) is 0 Å².